The molecule has 0 saturated carbocycles. The highest BCUT2D eigenvalue weighted by atomic mass is 35.5. The van der Waals surface area contributed by atoms with E-state index in [1.807, 2.05) is 0 Å². The summed E-state index contributed by atoms with van der Waals surface area (Å²) in [6, 6.07) is 1.39. The summed E-state index contributed by atoms with van der Waals surface area (Å²) in [6.07, 6.45) is -3.59. The van der Waals surface area contributed by atoms with E-state index in [1.165, 1.54) is 0 Å². The number of carbonyl (C=O) groups is 2. The van der Waals surface area contributed by atoms with Crippen LogP contribution in [0.4, 0.5) is 18.9 Å². The molecule has 24 heavy (non-hydrogen) atoms. The summed E-state index contributed by atoms with van der Waals surface area (Å²) in [5.41, 5.74) is 3.46. The molecule has 0 unspecified atom stereocenters. The molecule has 0 fully saturated rings. The van der Waals surface area contributed by atoms with E-state index in [0.29, 0.717) is 12.1 Å². The van der Waals surface area contributed by atoms with Gasteiger partial charge >= 0.3 is 12.1 Å². The van der Waals surface area contributed by atoms with Gasteiger partial charge in [-0.05, 0) is 26.0 Å². The standard InChI is InChI=1S/C14H13Cl2F3N2O3/c1-3-24-13(23)9(7(2)22)6-20-21-12-10(15)4-8(5-11(12)16)14(17,18)19/h4-6,20-21H,3H2,1-2H3. The highest BCUT2D eigenvalue weighted by Gasteiger charge is 2.32. The van der Waals surface area contributed by atoms with E-state index in [2.05, 4.69) is 10.9 Å². The van der Waals surface area contributed by atoms with Gasteiger partial charge in [0.05, 0.1) is 27.9 Å². The smallest absolute Gasteiger partial charge is 0.416 e. The molecule has 1 rings (SSSR count). The Kier molecular flexibility index (Phi) is 6.92. The van der Waals surface area contributed by atoms with Gasteiger partial charge in [-0.2, -0.15) is 13.2 Å². The van der Waals surface area contributed by atoms with Crippen LogP contribution < -0.4 is 10.9 Å². The second-order valence-electron chi connectivity index (χ2n) is 4.42. The number of halogens is 5. The van der Waals surface area contributed by atoms with Crippen molar-refractivity contribution in [3.8, 4) is 0 Å². The van der Waals surface area contributed by atoms with E-state index < -0.39 is 23.5 Å². The van der Waals surface area contributed by atoms with Crippen molar-refractivity contribution >= 4 is 40.6 Å². The normalized spacial score (nSPS) is 11.9. The molecule has 5 nitrogen and oxygen atoms in total. The number of nitrogens with one attached hydrogen (secondary N) is 2. The van der Waals surface area contributed by atoms with E-state index in [9.17, 15) is 22.8 Å². The van der Waals surface area contributed by atoms with Crippen LogP contribution in [0.3, 0.4) is 0 Å². The Morgan fingerprint density at radius 3 is 2.21 bits per heavy atom. The van der Waals surface area contributed by atoms with Crippen molar-refractivity contribution in [2.24, 2.45) is 0 Å². The highest BCUT2D eigenvalue weighted by molar-refractivity contribution is 6.39. The fourth-order valence-corrected chi connectivity index (χ4v) is 2.13. The first-order chi connectivity index (χ1) is 11.1. The van der Waals surface area contributed by atoms with Crippen LogP contribution in [-0.4, -0.2) is 18.4 Å². The minimum Gasteiger partial charge on any atom is -0.462 e. The third kappa shape index (κ3) is 5.31. The second kappa shape index (κ2) is 8.25. The summed E-state index contributed by atoms with van der Waals surface area (Å²) < 4.78 is 42.6. The third-order valence-electron chi connectivity index (χ3n) is 2.66. The molecule has 0 radical (unpaired) electrons. The van der Waals surface area contributed by atoms with E-state index in [-0.39, 0.29) is 27.9 Å². The second-order valence-corrected chi connectivity index (χ2v) is 5.23. The predicted molar refractivity (Wildman–Crippen MR) is 83.6 cm³/mol. The van der Waals surface area contributed by atoms with Crippen molar-refractivity contribution < 1.29 is 27.5 Å². The average Bonchev–Trinajstić information content (AvgIpc) is 2.44. The van der Waals surface area contributed by atoms with Gasteiger partial charge in [0.25, 0.3) is 0 Å². The maximum Gasteiger partial charge on any atom is 0.416 e. The maximum absolute atomic E-state index is 12.6. The summed E-state index contributed by atoms with van der Waals surface area (Å²) in [5.74, 6) is -1.41. The Morgan fingerprint density at radius 2 is 1.79 bits per heavy atom. The number of hydrogen-bond acceptors (Lipinski definition) is 5. The molecule has 132 valence electrons. The Bertz CT molecular complexity index is 653. The Hall–Kier alpha value is -1.93. The molecule has 0 spiro atoms. The highest BCUT2D eigenvalue weighted by Crippen LogP contribution is 2.38. The number of anilines is 1. The van der Waals surface area contributed by atoms with Crippen molar-refractivity contribution in [1.29, 1.82) is 0 Å². The lowest BCUT2D eigenvalue weighted by molar-refractivity contribution is -0.140. The molecule has 1 aromatic rings. The molecule has 10 heteroatoms. The number of Topliss-reactive ketones (excluding diaryl/α,β-unsaturated/α-hetero) is 1. The summed E-state index contributed by atoms with van der Waals surface area (Å²) >= 11 is 11.5. The molecule has 0 amide bonds. The van der Waals surface area contributed by atoms with E-state index >= 15 is 0 Å². The van der Waals surface area contributed by atoms with Crippen LogP contribution >= 0.6 is 23.2 Å². The van der Waals surface area contributed by atoms with Gasteiger partial charge in [0.2, 0.25) is 0 Å². The minimum absolute atomic E-state index is 0.0469. The number of rotatable bonds is 6. The van der Waals surface area contributed by atoms with Gasteiger partial charge in [-0.3, -0.25) is 10.2 Å². The molecule has 0 saturated heterocycles. The fraction of sp³-hybridized carbons (Fsp3) is 0.286. The predicted octanol–water partition coefficient (Wildman–Crippen LogP) is 3.96. The van der Waals surface area contributed by atoms with Crippen molar-refractivity contribution in [3.05, 3.63) is 39.5 Å². The number of carbonyl (C=O) groups excluding carboxylic acids is 2. The molecule has 0 heterocycles. The summed E-state index contributed by atoms with van der Waals surface area (Å²) in [5, 5.41) is -0.590. The van der Waals surface area contributed by atoms with Gasteiger partial charge in [-0.25, -0.2) is 4.79 Å². The summed E-state index contributed by atoms with van der Waals surface area (Å²) in [4.78, 5) is 22.9. The van der Waals surface area contributed by atoms with Gasteiger partial charge < -0.3 is 10.2 Å². The van der Waals surface area contributed by atoms with E-state index in [4.69, 9.17) is 27.9 Å². The Labute approximate surface area is 145 Å². The van der Waals surface area contributed by atoms with Crippen LogP contribution in [-0.2, 0) is 20.5 Å². The SMILES string of the molecule is CCOC(=O)C(=CNNc1c(Cl)cc(C(F)(F)F)cc1Cl)C(C)=O. The number of benzene rings is 1. The zero-order valence-electron chi connectivity index (χ0n) is 12.6. The third-order valence-corrected chi connectivity index (χ3v) is 3.25. The summed E-state index contributed by atoms with van der Waals surface area (Å²) in [6.45, 7) is 2.80. The summed E-state index contributed by atoms with van der Waals surface area (Å²) in [7, 11) is 0. The molecular weight excluding hydrogens is 372 g/mol. The molecule has 1 aromatic carbocycles. The van der Waals surface area contributed by atoms with Crippen molar-refractivity contribution in [3.63, 3.8) is 0 Å². The van der Waals surface area contributed by atoms with Crippen molar-refractivity contribution in [1.82, 2.24) is 5.43 Å². The number of ketones is 1. The molecule has 2 N–H and O–H groups in total. The number of esters is 1. The van der Waals surface area contributed by atoms with Crippen molar-refractivity contribution in [2.75, 3.05) is 12.0 Å². The first kappa shape index (κ1) is 20.1. The molecule has 0 atom stereocenters. The molecule has 0 aromatic heterocycles. The van der Waals surface area contributed by atoms with Gasteiger partial charge in [-0.15, -0.1) is 0 Å². The average molecular weight is 385 g/mol. The first-order valence-electron chi connectivity index (χ1n) is 6.54. The zero-order chi connectivity index (χ0) is 18.5. The number of hydrogen-bond donors (Lipinski definition) is 2. The maximum atomic E-state index is 12.6. The van der Waals surface area contributed by atoms with Crippen LogP contribution in [0.15, 0.2) is 23.9 Å². The molecule has 0 aliphatic carbocycles. The van der Waals surface area contributed by atoms with Gasteiger partial charge in [0.15, 0.2) is 5.78 Å². The monoisotopic (exact) mass is 384 g/mol. The van der Waals surface area contributed by atoms with E-state index in [0.717, 1.165) is 13.1 Å². The van der Waals surface area contributed by atoms with E-state index in [1.54, 1.807) is 6.92 Å². The van der Waals surface area contributed by atoms with Gasteiger partial charge in [0, 0.05) is 6.20 Å². The topological polar surface area (TPSA) is 67.4 Å². The Morgan fingerprint density at radius 1 is 1.25 bits per heavy atom. The largest absolute Gasteiger partial charge is 0.462 e. The fourth-order valence-electron chi connectivity index (χ4n) is 1.55. The lowest BCUT2D eigenvalue weighted by atomic mass is 10.2. The zero-order valence-corrected chi connectivity index (χ0v) is 14.1. The first-order valence-corrected chi connectivity index (χ1v) is 7.29. The number of ether oxygens (including phenoxy) is 1. The minimum atomic E-state index is -4.59. The van der Waals surface area contributed by atoms with Crippen LogP contribution in [0.25, 0.3) is 0 Å². The number of alkyl halides is 3. The molecular formula is C14H13Cl2F3N2O3. The van der Waals surface area contributed by atoms with Gasteiger partial charge in [0.1, 0.15) is 5.57 Å². The molecule has 0 aliphatic heterocycles. The quantitative estimate of drug-likeness (QED) is 0.255. The van der Waals surface area contributed by atoms with Crippen LogP contribution in [0.5, 0.6) is 0 Å². The molecule has 0 bridgehead atoms. The lowest BCUT2D eigenvalue weighted by Crippen LogP contribution is -2.21. The Balaban J connectivity index is 2.96. The van der Waals surface area contributed by atoms with Crippen LogP contribution in [0, 0.1) is 0 Å². The van der Waals surface area contributed by atoms with Gasteiger partial charge in [-0.1, -0.05) is 23.2 Å². The van der Waals surface area contributed by atoms with Crippen LogP contribution in [0.2, 0.25) is 10.0 Å². The molecule has 0 aliphatic rings. The van der Waals surface area contributed by atoms with Crippen LogP contribution in [0.1, 0.15) is 19.4 Å². The van der Waals surface area contributed by atoms with Crippen molar-refractivity contribution in [2.45, 2.75) is 20.0 Å². The number of hydrazine groups is 1. The lowest BCUT2D eigenvalue weighted by Gasteiger charge is -2.14.